The van der Waals surface area contributed by atoms with Crippen LogP contribution in [0.1, 0.15) is 58.3 Å². The highest BCUT2D eigenvalue weighted by Crippen LogP contribution is 2.17. The van der Waals surface area contributed by atoms with Gasteiger partial charge in [-0.3, -0.25) is 4.79 Å². The van der Waals surface area contributed by atoms with Crippen LogP contribution in [0.25, 0.3) is 0 Å². The van der Waals surface area contributed by atoms with Gasteiger partial charge in [-0.05, 0) is 19.3 Å². The summed E-state index contributed by atoms with van der Waals surface area (Å²) in [5.74, 6) is -0.277. The predicted molar refractivity (Wildman–Crippen MR) is 74.8 cm³/mol. The van der Waals surface area contributed by atoms with E-state index in [1.54, 1.807) is 0 Å². The summed E-state index contributed by atoms with van der Waals surface area (Å²) in [6.45, 7) is 1.95. The highest BCUT2D eigenvalue weighted by molar-refractivity contribution is 7.80. The molecular weight excluding hydrogens is 232 g/mol. The number of hydrogen-bond donors (Lipinski definition) is 2. The number of nitrogens with one attached hydrogen (secondary N) is 1. The fraction of sp³-hybridized carbons (Fsp3) is 0.846. The molecular formula is C13H24N2OS. The molecule has 0 radical (unpaired) electrons. The molecule has 98 valence electrons. The number of rotatable bonds is 4. The molecule has 3 N–H and O–H groups in total. The SMILES string of the molecule is CCC(C(=O)NC1CCCCCCC1)C(N)=S. The fourth-order valence-corrected chi connectivity index (χ4v) is 2.69. The highest BCUT2D eigenvalue weighted by Gasteiger charge is 2.22. The standard InChI is InChI=1S/C13H24N2OS/c1-2-11(12(14)17)13(16)15-10-8-6-4-3-5-7-9-10/h10-11H,2-9H2,1H3,(H2,14,17)(H,15,16). The Balaban J connectivity index is 2.44. The van der Waals surface area contributed by atoms with E-state index >= 15 is 0 Å². The van der Waals surface area contributed by atoms with Gasteiger partial charge in [-0.1, -0.05) is 51.2 Å². The van der Waals surface area contributed by atoms with Crippen LogP contribution in [0.2, 0.25) is 0 Å². The Kier molecular flexibility index (Phi) is 6.48. The van der Waals surface area contributed by atoms with Crippen molar-refractivity contribution in [3.8, 4) is 0 Å². The van der Waals surface area contributed by atoms with Crippen LogP contribution in [0.15, 0.2) is 0 Å². The maximum absolute atomic E-state index is 12.0. The summed E-state index contributed by atoms with van der Waals surface area (Å²) >= 11 is 4.93. The van der Waals surface area contributed by atoms with Crippen LogP contribution in [0.4, 0.5) is 0 Å². The van der Waals surface area contributed by atoms with Crippen molar-refractivity contribution in [2.75, 3.05) is 0 Å². The number of nitrogens with two attached hydrogens (primary N) is 1. The van der Waals surface area contributed by atoms with E-state index in [0.717, 1.165) is 12.8 Å². The van der Waals surface area contributed by atoms with Crippen LogP contribution in [0, 0.1) is 5.92 Å². The lowest BCUT2D eigenvalue weighted by Gasteiger charge is -2.23. The average molecular weight is 256 g/mol. The minimum absolute atomic E-state index is 0.0190. The van der Waals surface area contributed by atoms with Gasteiger partial charge in [-0.25, -0.2) is 0 Å². The largest absolute Gasteiger partial charge is 0.393 e. The Morgan fingerprint density at radius 2 is 1.82 bits per heavy atom. The van der Waals surface area contributed by atoms with Gasteiger partial charge in [-0.2, -0.15) is 0 Å². The Morgan fingerprint density at radius 3 is 2.29 bits per heavy atom. The molecule has 0 bridgehead atoms. The topological polar surface area (TPSA) is 55.1 Å². The second-order valence-corrected chi connectivity index (χ2v) is 5.39. The third kappa shape index (κ3) is 5.02. The predicted octanol–water partition coefficient (Wildman–Crippen LogP) is 2.53. The van der Waals surface area contributed by atoms with Crippen LogP contribution < -0.4 is 11.1 Å². The molecule has 4 heteroatoms. The minimum Gasteiger partial charge on any atom is -0.393 e. The lowest BCUT2D eigenvalue weighted by molar-refractivity contribution is -0.123. The minimum atomic E-state index is -0.296. The fourth-order valence-electron chi connectivity index (χ4n) is 2.42. The van der Waals surface area contributed by atoms with Crippen molar-refractivity contribution in [1.29, 1.82) is 0 Å². The van der Waals surface area contributed by atoms with Gasteiger partial charge in [0.1, 0.15) is 0 Å². The van der Waals surface area contributed by atoms with Crippen LogP contribution in [0.5, 0.6) is 0 Å². The summed E-state index contributed by atoms with van der Waals surface area (Å²) in [6, 6.07) is 0.325. The maximum Gasteiger partial charge on any atom is 0.230 e. The van der Waals surface area contributed by atoms with Gasteiger partial charge in [0.2, 0.25) is 5.91 Å². The summed E-state index contributed by atoms with van der Waals surface area (Å²) < 4.78 is 0. The Bertz CT molecular complexity index is 260. The van der Waals surface area contributed by atoms with Crippen molar-refractivity contribution in [3.63, 3.8) is 0 Å². The molecule has 0 aliphatic heterocycles. The van der Waals surface area contributed by atoms with Gasteiger partial charge in [0.15, 0.2) is 0 Å². The van der Waals surface area contributed by atoms with Crippen molar-refractivity contribution >= 4 is 23.1 Å². The first-order chi connectivity index (χ1) is 8.15. The van der Waals surface area contributed by atoms with E-state index in [1.807, 2.05) is 6.92 Å². The quantitative estimate of drug-likeness (QED) is 0.760. The molecule has 1 amide bonds. The molecule has 0 saturated heterocycles. The molecule has 1 aliphatic carbocycles. The van der Waals surface area contributed by atoms with Gasteiger partial charge in [-0.15, -0.1) is 0 Å². The maximum atomic E-state index is 12.0. The van der Waals surface area contributed by atoms with Crippen molar-refractivity contribution in [3.05, 3.63) is 0 Å². The van der Waals surface area contributed by atoms with Gasteiger partial charge < -0.3 is 11.1 Å². The Labute approximate surface area is 110 Å². The normalized spacial score (nSPS) is 20.1. The molecule has 0 heterocycles. The first kappa shape index (κ1) is 14.4. The summed E-state index contributed by atoms with van der Waals surface area (Å²) in [7, 11) is 0. The molecule has 1 fully saturated rings. The molecule has 0 aromatic rings. The zero-order chi connectivity index (χ0) is 12.7. The van der Waals surface area contributed by atoms with Crippen LogP contribution in [0.3, 0.4) is 0 Å². The van der Waals surface area contributed by atoms with E-state index in [0.29, 0.717) is 17.5 Å². The summed E-state index contributed by atoms with van der Waals surface area (Å²) in [6.07, 6.45) is 9.24. The second-order valence-electron chi connectivity index (χ2n) is 4.91. The van der Waals surface area contributed by atoms with Gasteiger partial charge in [0, 0.05) is 6.04 Å². The van der Waals surface area contributed by atoms with Gasteiger partial charge in [0.25, 0.3) is 0 Å². The van der Waals surface area contributed by atoms with Crippen LogP contribution in [-0.4, -0.2) is 16.9 Å². The van der Waals surface area contributed by atoms with E-state index < -0.39 is 0 Å². The molecule has 0 spiro atoms. The van der Waals surface area contributed by atoms with E-state index in [-0.39, 0.29) is 11.8 Å². The van der Waals surface area contributed by atoms with Crippen LogP contribution in [-0.2, 0) is 4.79 Å². The molecule has 17 heavy (non-hydrogen) atoms. The molecule has 1 aliphatic rings. The number of thiocarbonyl (C=S) groups is 1. The molecule has 1 unspecified atom stereocenters. The van der Waals surface area contributed by atoms with Gasteiger partial charge >= 0.3 is 0 Å². The zero-order valence-corrected chi connectivity index (χ0v) is 11.5. The molecule has 0 aromatic heterocycles. The number of amides is 1. The summed E-state index contributed by atoms with van der Waals surface area (Å²) in [5.41, 5.74) is 5.58. The molecule has 0 aromatic carbocycles. The smallest absolute Gasteiger partial charge is 0.230 e. The van der Waals surface area contributed by atoms with E-state index in [9.17, 15) is 4.79 Å². The van der Waals surface area contributed by atoms with E-state index in [1.165, 1.54) is 32.1 Å². The number of carbonyl (C=O) groups is 1. The molecule has 3 nitrogen and oxygen atoms in total. The number of carbonyl (C=O) groups excluding carboxylic acids is 1. The van der Waals surface area contributed by atoms with Crippen molar-refractivity contribution < 1.29 is 4.79 Å². The summed E-state index contributed by atoms with van der Waals surface area (Å²) in [4.78, 5) is 12.3. The summed E-state index contributed by atoms with van der Waals surface area (Å²) in [5, 5.41) is 3.11. The van der Waals surface area contributed by atoms with E-state index in [4.69, 9.17) is 18.0 Å². The molecule has 1 rings (SSSR count). The Hall–Kier alpha value is -0.640. The highest BCUT2D eigenvalue weighted by atomic mass is 32.1. The molecule has 1 saturated carbocycles. The first-order valence-corrected chi connectivity index (χ1v) is 7.15. The van der Waals surface area contributed by atoms with Gasteiger partial charge in [0.05, 0.1) is 10.9 Å². The molecule has 1 atom stereocenters. The van der Waals surface area contributed by atoms with Crippen molar-refractivity contribution in [2.45, 2.75) is 64.3 Å². The Morgan fingerprint density at radius 1 is 1.29 bits per heavy atom. The van der Waals surface area contributed by atoms with E-state index in [2.05, 4.69) is 5.32 Å². The third-order valence-corrected chi connectivity index (χ3v) is 3.80. The van der Waals surface area contributed by atoms with Crippen molar-refractivity contribution in [1.82, 2.24) is 5.32 Å². The third-order valence-electron chi connectivity index (χ3n) is 3.52. The zero-order valence-electron chi connectivity index (χ0n) is 10.7. The second kappa shape index (κ2) is 7.64. The lowest BCUT2D eigenvalue weighted by atomic mass is 9.96. The monoisotopic (exact) mass is 256 g/mol. The first-order valence-electron chi connectivity index (χ1n) is 6.74. The lowest BCUT2D eigenvalue weighted by Crippen LogP contribution is -2.43. The van der Waals surface area contributed by atoms with Crippen molar-refractivity contribution in [2.24, 2.45) is 11.7 Å². The van der Waals surface area contributed by atoms with Crippen LogP contribution >= 0.6 is 12.2 Å². The average Bonchev–Trinajstić information content (AvgIpc) is 2.22. The number of hydrogen-bond acceptors (Lipinski definition) is 2.